The number of rotatable bonds is 6. The number of carbonyl (C=O) groups is 2. The van der Waals surface area contributed by atoms with Gasteiger partial charge in [0.2, 0.25) is 0 Å². The number of carboxylic acid groups (broad SMARTS) is 1. The molecule has 76 valence electrons. The van der Waals surface area contributed by atoms with E-state index in [1.807, 2.05) is 13.8 Å². The molecule has 0 aliphatic heterocycles. The largest absolute Gasteiger partial charge is 0.481 e. The summed E-state index contributed by atoms with van der Waals surface area (Å²) in [6.07, 6.45) is 1.79. The Morgan fingerprint density at radius 3 is 2.38 bits per heavy atom. The van der Waals surface area contributed by atoms with E-state index in [2.05, 4.69) is 0 Å². The van der Waals surface area contributed by atoms with Crippen molar-refractivity contribution in [1.29, 1.82) is 0 Å². The Kier molecular flexibility index (Phi) is 5.93. The molecule has 13 heavy (non-hydrogen) atoms. The normalized spacial score (nSPS) is 12.2. The molecule has 0 aliphatic carbocycles. The number of aliphatic carboxylic acids is 1. The van der Waals surface area contributed by atoms with Crippen molar-refractivity contribution in [3.8, 4) is 0 Å². The Balaban J connectivity index is 3.79. The fraction of sp³-hybridized carbons (Fsp3) is 0.778. The van der Waals surface area contributed by atoms with E-state index in [4.69, 9.17) is 9.84 Å². The summed E-state index contributed by atoms with van der Waals surface area (Å²) in [5.41, 5.74) is 0. The minimum Gasteiger partial charge on any atom is -0.481 e. The van der Waals surface area contributed by atoms with E-state index < -0.39 is 18.4 Å². The third-order valence-electron chi connectivity index (χ3n) is 1.66. The van der Waals surface area contributed by atoms with E-state index >= 15 is 0 Å². The van der Waals surface area contributed by atoms with Gasteiger partial charge in [-0.05, 0) is 12.8 Å². The first kappa shape index (κ1) is 11.9. The van der Waals surface area contributed by atoms with Crippen LogP contribution in [0.15, 0.2) is 0 Å². The molecule has 0 aliphatic rings. The molecular formula is C9H16O4. The summed E-state index contributed by atoms with van der Waals surface area (Å²) >= 11 is 0. The number of carbonyl (C=O) groups excluding carboxylic acids is 1. The summed E-state index contributed by atoms with van der Waals surface area (Å²) in [5.74, 6) is -1.79. The third kappa shape index (κ3) is 6.13. The molecule has 0 heterocycles. The van der Waals surface area contributed by atoms with Gasteiger partial charge in [-0.3, -0.25) is 9.59 Å². The first-order chi connectivity index (χ1) is 6.10. The zero-order chi connectivity index (χ0) is 10.3. The predicted molar refractivity (Wildman–Crippen MR) is 47.3 cm³/mol. The number of carboxylic acids is 1. The molecule has 0 bridgehead atoms. The van der Waals surface area contributed by atoms with Gasteiger partial charge in [-0.15, -0.1) is 0 Å². The van der Waals surface area contributed by atoms with Gasteiger partial charge in [0.25, 0.3) is 0 Å². The zero-order valence-corrected chi connectivity index (χ0v) is 8.08. The zero-order valence-electron chi connectivity index (χ0n) is 8.08. The van der Waals surface area contributed by atoms with Crippen molar-refractivity contribution in [1.82, 2.24) is 0 Å². The van der Waals surface area contributed by atoms with Crippen molar-refractivity contribution < 1.29 is 19.4 Å². The van der Waals surface area contributed by atoms with Crippen LogP contribution in [0.2, 0.25) is 0 Å². The summed E-state index contributed by atoms with van der Waals surface area (Å²) in [4.78, 5) is 21.0. The molecule has 0 rings (SSSR count). The lowest BCUT2D eigenvalue weighted by atomic mass is 10.1. The molecule has 0 aromatic rings. The van der Waals surface area contributed by atoms with Crippen molar-refractivity contribution in [3.63, 3.8) is 0 Å². The van der Waals surface area contributed by atoms with Crippen LogP contribution in [0.25, 0.3) is 0 Å². The van der Waals surface area contributed by atoms with E-state index in [9.17, 15) is 9.59 Å². The molecule has 1 atom stereocenters. The second kappa shape index (κ2) is 6.46. The van der Waals surface area contributed by atoms with Gasteiger partial charge in [0.15, 0.2) is 0 Å². The van der Waals surface area contributed by atoms with Gasteiger partial charge in [0, 0.05) is 0 Å². The highest BCUT2D eigenvalue weighted by molar-refractivity contribution is 5.90. The lowest BCUT2D eigenvalue weighted by Gasteiger charge is -2.14. The Labute approximate surface area is 77.9 Å². The van der Waals surface area contributed by atoms with E-state index in [1.165, 1.54) is 0 Å². The van der Waals surface area contributed by atoms with Crippen LogP contribution in [0.4, 0.5) is 0 Å². The molecule has 4 heteroatoms. The summed E-state index contributed by atoms with van der Waals surface area (Å²) in [7, 11) is 0. The van der Waals surface area contributed by atoms with E-state index in [0.717, 1.165) is 19.3 Å². The lowest BCUT2D eigenvalue weighted by molar-refractivity contribution is -0.155. The van der Waals surface area contributed by atoms with Crippen LogP contribution < -0.4 is 0 Å². The highest BCUT2D eigenvalue weighted by atomic mass is 16.5. The monoisotopic (exact) mass is 188 g/mol. The highest BCUT2D eigenvalue weighted by Gasteiger charge is 2.14. The maximum absolute atomic E-state index is 10.9. The Hall–Kier alpha value is -1.06. The first-order valence-corrected chi connectivity index (χ1v) is 4.51. The molecule has 0 saturated carbocycles. The Morgan fingerprint density at radius 2 is 2.00 bits per heavy atom. The molecule has 4 nitrogen and oxygen atoms in total. The van der Waals surface area contributed by atoms with Crippen molar-refractivity contribution in [2.24, 2.45) is 0 Å². The van der Waals surface area contributed by atoms with Gasteiger partial charge in [-0.1, -0.05) is 20.3 Å². The van der Waals surface area contributed by atoms with Crippen molar-refractivity contribution in [3.05, 3.63) is 0 Å². The fourth-order valence-corrected chi connectivity index (χ4v) is 1.02. The lowest BCUT2D eigenvalue weighted by Crippen LogP contribution is -2.19. The highest BCUT2D eigenvalue weighted by Crippen LogP contribution is 2.07. The average molecular weight is 188 g/mol. The van der Waals surface area contributed by atoms with Crippen molar-refractivity contribution in [2.75, 3.05) is 0 Å². The van der Waals surface area contributed by atoms with E-state index in [1.54, 1.807) is 0 Å². The van der Waals surface area contributed by atoms with Crippen molar-refractivity contribution in [2.45, 2.75) is 45.6 Å². The summed E-state index contributed by atoms with van der Waals surface area (Å²) < 4.78 is 4.93. The summed E-state index contributed by atoms with van der Waals surface area (Å²) in [6.45, 7) is 3.90. The summed E-state index contributed by atoms with van der Waals surface area (Å²) in [6, 6.07) is 0. The van der Waals surface area contributed by atoms with Crippen LogP contribution >= 0.6 is 0 Å². The molecule has 0 saturated heterocycles. The second-order valence-corrected chi connectivity index (χ2v) is 2.88. The van der Waals surface area contributed by atoms with Crippen LogP contribution in [0.3, 0.4) is 0 Å². The van der Waals surface area contributed by atoms with Gasteiger partial charge in [-0.2, -0.15) is 0 Å². The molecular weight excluding hydrogens is 172 g/mol. The summed E-state index contributed by atoms with van der Waals surface area (Å²) in [5, 5.41) is 8.30. The van der Waals surface area contributed by atoms with Gasteiger partial charge in [0.1, 0.15) is 12.5 Å². The van der Waals surface area contributed by atoms with Crippen LogP contribution in [-0.2, 0) is 14.3 Å². The smallest absolute Gasteiger partial charge is 0.317 e. The average Bonchev–Trinajstić information content (AvgIpc) is 2.02. The third-order valence-corrected chi connectivity index (χ3v) is 1.66. The van der Waals surface area contributed by atoms with Gasteiger partial charge >= 0.3 is 11.9 Å². The molecule has 0 amide bonds. The van der Waals surface area contributed by atoms with Crippen molar-refractivity contribution >= 4 is 11.9 Å². The fourth-order valence-electron chi connectivity index (χ4n) is 1.02. The maximum Gasteiger partial charge on any atom is 0.317 e. The quantitative estimate of drug-likeness (QED) is 0.507. The van der Waals surface area contributed by atoms with Crippen LogP contribution in [0, 0.1) is 0 Å². The topological polar surface area (TPSA) is 63.6 Å². The number of ether oxygens (including phenoxy) is 1. The molecule has 0 radical (unpaired) electrons. The molecule has 0 spiro atoms. The SMILES string of the molecule is CCCC(CC)OC(=O)CC(=O)O. The Bertz CT molecular complexity index is 176. The number of hydrogen-bond acceptors (Lipinski definition) is 3. The van der Waals surface area contributed by atoms with Crippen LogP contribution in [0.5, 0.6) is 0 Å². The molecule has 1 N–H and O–H groups in total. The second-order valence-electron chi connectivity index (χ2n) is 2.88. The van der Waals surface area contributed by atoms with Gasteiger partial charge < -0.3 is 9.84 Å². The molecule has 0 aromatic heterocycles. The van der Waals surface area contributed by atoms with Gasteiger partial charge in [-0.25, -0.2) is 0 Å². The molecule has 1 unspecified atom stereocenters. The minimum absolute atomic E-state index is 0.128. The van der Waals surface area contributed by atoms with E-state index in [-0.39, 0.29) is 6.10 Å². The maximum atomic E-state index is 10.9. The molecule has 0 aromatic carbocycles. The first-order valence-electron chi connectivity index (χ1n) is 4.51. The van der Waals surface area contributed by atoms with Crippen LogP contribution in [0.1, 0.15) is 39.5 Å². The standard InChI is InChI=1S/C9H16O4/c1-3-5-7(4-2)13-9(12)6-8(10)11/h7H,3-6H2,1-2H3,(H,10,11). The minimum atomic E-state index is -1.14. The van der Waals surface area contributed by atoms with E-state index in [0.29, 0.717) is 0 Å². The number of hydrogen-bond donors (Lipinski definition) is 1. The number of esters is 1. The van der Waals surface area contributed by atoms with Gasteiger partial charge in [0.05, 0.1) is 0 Å². The molecule has 0 fully saturated rings. The predicted octanol–water partition coefficient (Wildman–Crippen LogP) is 1.58. The Morgan fingerprint density at radius 1 is 1.38 bits per heavy atom. The van der Waals surface area contributed by atoms with Crippen LogP contribution in [-0.4, -0.2) is 23.1 Å².